The standard InChI is InChI=1S/C12H17F2NO2S/c1-4-12(2,3)15-9-7-5-6-8-10(9)18(16,17)11(13)14/h5-8,11,15H,4H2,1-3H3. The molecule has 3 nitrogen and oxygen atoms in total. The molecule has 6 heteroatoms. The van der Waals surface area contributed by atoms with Crippen molar-refractivity contribution in [2.45, 2.75) is 43.4 Å². The average molecular weight is 277 g/mol. The fourth-order valence-electron chi connectivity index (χ4n) is 1.37. The van der Waals surface area contributed by atoms with Gasteiger partial charge in [-0.25, -0.2) is 8.42 Å². The molecule has 0 saturated heterocycles. The van der Waals surface area contributed by atoms with Gasteiger partial charge >= 0.3 is 5.76 Å². The highest BCUT2D eigenvalue weighted by molar-refractivity contribution is 7.91. The van der Waals surface area contributed by atoms with Crippen molar-refractivity contribution in [2.24, 2.45) is 0 Å². The zero-order chi connectivity index (χ0) is 14.0. The highest BCUT2D eigenvalue weighted by Gasteiger charge is 2.30. The molecule has 0 unspecified atom stereocenters. The van der Waals surface area contributed by atoms with Crippen molar-refractivity contribution in [3.05, 3.63) is 24.3 Å². The van der Waals surface area contributed by atoms with Gasteiger partial charge in [-0.15, -0.1) is 0 Å². The smallest absolute Gasteiger partial charge is 0.341 e. The maximum absolute atomic E-state index is 12.6. The Labute approximate surface area is 106 Å². The number of hydrogen-bond donors (Lipinski definition) is 1. The number of rotatable bonds is 5. The summed E-state index contributed by atoms with van der Waals surface area (Å²) in [5.41, 5.74) is -0.155. The van der Waals surface area contributed by atoms with Gasteiger partial charge < -0.3 is 5.32 Å². The highest BCUT2D eigenvalue weighted by Crippen LogP contribution is 2.28. The molecule has 0 atom stereocenters. The van der Waals surface area contributed by atoms with Crippen LogP contribution in [0.15, 0.2) is 29.2 Å². The molecule has 0 saturated carbocycles. The summed E-state index contributed by atoms with van der Waals surface area (Å²) >= 11 is 0. The number of nitrogens with one attached hydrogen (secondary N) is 1. The summed E-state index contributed by atoms with van der Waals surface area (Å²) in [6.07, 6.45) is 0.732. The molecule has 1 aromatic carbocycles. The Bertz CT molecular complexity index is 513. The molecule has 0 aliphatic heterocycles. The van der Waals surface area contributed by atoms with E-state index in [1.54, 1.807) is 6.07 Å². The summed E-state index contributed by atoms with van der Waals surface area (Å²) < 4.78 is 48.2. The summed E-state index contributed by atoms with van der Waals surface area (Å²) in [5.74, 6) is -3.41. The van der Waals surface area contributed by atoms with Crippen LogP contribution in [-0.4, -0.2) is 19.7 Å². The topological polar surface area (TPSA) is 46.2 Å². The van der Waals surface area contributed by atoms with E-state index in [-0.39, 0.29) is 16.1 Å². The number of hydrogen-bond acceptors (Lipinski definition) is 3. The Morgan fingerprint density at radius 2 is 1.83 bits per heavy atom. The van der Waals surface area contributed by atoms with E-state index in [0.717, 1.165) is 6.42 Å². The van der Waals surface area contributed by atoms with Gasteiger partial charge in [-0.2, -0.15) is 8.78 Å². The third-order valence-electron chi connectivity index (χ3n) is 2.79. The minimum absolute atomic E-state index is 0.213. The van der Waals surface area contributed by atoms with Crippen LogP contribution < -0.4 is 5.32 Å². The van der Waals surface area contributed by atoms with Gasteiger partial charge in [0.25, 0.3) is 0 Å². The molecule has 1 rings (SSSR count). The number of halogens is 2. The van der Waals surface area contributed by atoms with Crippen molar-refractivity contribution in [1.82, 2.24) is 0 Å². The van der Waals surface area contributed by atoms with Crippen LogP contribution in [0.2, 0.25) is 0 Å². The first-order valence-corrected chi connectivity index (χ1v) is 7.14. The van der Waals surface area contributed by atoms with Crippen molar-refractivity contribution in [1.29, 1.82) is 0 Å². The molecule has 0 bridgehead atoms. The van der Waals surface area contributed by atoms with Gasteiger partial charge in [0.1, 0.15) is 0 Å². The largest absolute Gasteiger partial charge is 0.379 e. The minimum atomic E-state index is -4.58. The number of para-hydroxylation sites is 1. The molecule has 18 heavy (non-hydrogen) atoms. The Hall–Kier alpha value is -1.17. The van der Waals surface area contributed by atoms with Crippen molar-refractivity contribution in [3.63, 3.8) is 0 Å². The second-order valence-electron chi connectivity index (χ2n) is 4.66. The van der Waals surface area contributed by atoms with Crippen molar-refractivity contribution in [3.8, 4) is 0 Å². The van der Waals surface area contributed by atoms with Crippen molar-refractivity contribution >= 4 is 15.5 Å². The van der Waals surface area contributed by atoms with Crippen LogP contribution in [-0.2, 0) is 9.84 Å². The lowest BCUT2D eigenvalue weighted by molar-refractivity contribution is 0.235. The zero-order valence-electron chi connectivity index (χ0n) is 10.6. The number of sulfone groups is 1. The third kappa shape index (κ3) is 3.19. The Morgan fingerprint density at radius 1 is 1.28 bits per heavy atom. The van der Waals surface area contributed by atoms with Gasteiger partial charge in [0.15, 0.2) is 0 Å². The SMILES string of the molecule is CCC(C)(C)Nc1ccccc1S(=O)(=O)C(F)F. The lowest BCUT2D eigenvalue weighted by atomic mass is 10.0. The molecule has 1 aromatic rings. The monoisotopic (exact) mass is 277 g/mol. The highest BCUT2D eigenvalue weighted by atomic mass is 32.2. The first-order valence-electron chi connectivity index (χ1n) is 5.60. The molecule has 0 spiro atoms. The van der Waals surface area contributed by atoms with E-state index in [4.69, 9.17) is 0 Å². The maximum Gasteiger partial charge on any atom is 0.341 e. The minimum Gasteiger partial charge on any atom is -0.379 e. The van der Waals surface area contributed by atoms with E-state index in [2.05, 4.69) is 5.32 Å². The normalized spacial score (nSPS) is 12.8. The van der Waals surface area contributed by atoms with Gasteiger partial charge in [0, 0.05) is 5.54 Å². The van der Waals surface area contributed by atoms with Crippen LogP contribution in [0.3, 0.4) is 0 Å². The first kappa shape index (κ1) is 14.9. The van der Waals surface area contributed by atoms with Gasteiger partial charge in [-0.3, -0.25) is 0 Å². The molecule has 0 fully saturated rings. The van der Waals surface area contributed by atoms with Gasteiger partial charge in [-0.05, 0) is 32.4 Å². The van der Waals surface area contributed by atoms with Crippen molar-refractivity contribution in [2.75, 3.05) is 5.32 Å². The predicted octanol–water partition coefficient (Wildman–Crippen LogP) is 3.28. The first-order chi connectivity index (χ1) is 8.20. The fraction of sp³-hybridized carbons (Fsp3) is 0.500. The fourth-order valence-corrected chi connectivity index (χ4v) is 2.25. The summed E-state index contributed by atoms with van der Waals surface area (Å²) in [6.45, 7) is 5.68. The van der Waals surface area contributed by atoms with Crippen LogP contribution in [0.4, 0.5) is 14.5 Å². The average Bonchev–Trinajstić information content (AvgIpc) is 2.29. The number of anilines is 1. The summed E-state index contributed by atoms with van der Waals surface area (Å²) in [6, 6.07) is 5.72. The van der Waals surface area contributed by atoms with E-state index in [1.807, 2.05) is 20.8 Å². The lowest BCUT2D eigenvalue weighted by Gasteiger charge is -2.27. The van der Waals surface area contributed by atoms with E-state index in [0.29, 0.717) is 0 Å². The molecule has 0 aromatic heterocycles. The number of alkyl halides is 2. The van der Waals surface area contributed by atoms with E-state index < -0.39 is 15.6 Å². The third-order valence-corrected chi connectivity index (χ3v) is 4.22. The molecule has 0 aliphatic carbocycles. The van der Waals surface area contributed by atoms with Gasteiger partial charge in [0.05, 0.1) is 10.6 Å². The second kappa shape index (κ2) is 5.22. The quantitative estimate of drug-likeness (QED) is 0.898. The summed E-state index contributed by atoms with van der Waals surface area (Å²) in [7, 11) is -4.58. The molecule has 0 radical (unpaired) electrons. The van der Waals surface area contributed by atoms with E-state index in [9.17, 15) is 17.2 Å². The molecule has 0 amide bonds. The van der Waals surface area contributed by atoms with Crippen LogP contribution in [0.1, 0.15) is 27.2 Å². The van der Waals surface area contributed by atoms with E-state index in [1.165, 1.54) is 18.2 Å². The molecular formula is C12H17F2NO2S. The van der Waals surface area contributed by atoms with Crippen LogP contribution >= 0.6 is 0 Å². The van der Waals surface area contributed by atoms with Gasteiger partial charge in [0.2, 0.25) is 9.84 Å². The zero-order valence-corrected chi connectivity index (χ0v) is 11.4. The van der Waals surface area contributed by atoms with Gasteiger partial charge in [-0.1, -0.05) is 19.1 Å². The van der Waals surface area contributed by atoms with E-state index >= 15 is 0 Å². The summed E-state index contributed by atoms with van der Waals surface area (Å²) in [4.78, 5) is -0.360. The maximum atomic E-state index is 12.6. The molecule has 0 heterocycles. The Balaban J connectivity index is 3.24. The molecular weight excluding hydrogens is 260 g/mol. The Kier molecular flexibility index (Phi) is 4.32. The lowest BCUT2D eigenvalue weighted by Crippen LogP contribution is -2.30. The van der Waals surface area contributed by atoms with Crippen LogP contribution in [0.25, 0.3) is 0 Å². The van der Waals surface area contributed by atoms with Crippen LogP contribution in [0.5, 0.6) is 0 Å². The van der Waals surface area contributed by atoms with Crippen LogP contribution in [0, 0.1) is 0 Å². The summed E-state index contributed by atoms with van der Waals surface area (Å²) in [5, 5.41) is 2.99. The number of benzene rings is 1. The molecule has 1 N–H and O–H groups in total. The molecule has 0 aliphatic rings. The predicted molar refractivity (Wildman–Crippen MR) is 67.6 cm³/mol. The van der Waals surface area contributed by atoms with Crippen molar-refractivity contribution < 1.29 is 17.2 Å². The molecule has 102 valence electrons. The second-order valence-corrected chi connectivity index (χ2v) is 6.55. The Morgan fingerprint density at radius 3 is 2.33 bits per heavy atom.